The topological polar surface area (TPSA) is 52.0 Å². The number of anilines is 1. The number of nitrogen functional groups attached to an aromatic ring is 1. The minimum atomic E-state index is 0.582. The van der Waals surface area contributed by atoms with Gasteiger partial charge < -0.3 is 11.5 Å². The average molecular weight is 202 g/mol. The van der Waals surface area contributed by atoms with Gasteiger partial charge in [-0.15, -0.1) is 0 Å². The second-order valence-electron chi connectivity index (χ2n) is 3.42. The highest BCUT2D eigenvalue weighted by Gasteiger charge is 1.95. The fourth-order valence-electron chi connectivity index (χ4n) is 1.35. The molecule has 0 saturated carbocycles. The molecule has 0 heterocycles. The fraction of sp³-hybridized carbons (Fsp3) is 0.231. The third kappa shape index (κ3) is 4.00. The lowest BCUT2D eigenvalue weighted by Gasteiger charge is -2.02. The fourth-order valence-corrected chi connectivity index (χ4v) is 1.35. The third-order valence-corrected chi connectivity index (χ3v) is 2.23. The van der Waals surface area contributed by atoms with Crippen LogP contribution in [0.3, 0.4) is 0 Å². The first kappa shape index (κ1) is 11.5. The molecule has 0 unspecified atom stereocenters. The minimum Gasteiger partial charge on any atom is -0.399 e. The zero-order chi connectivity index (χ0) is 11.1. The van der Waals surface area contributed by atoms with Crippen LogP contribution >= 0.6 is 0 Å². The maximum absolute atomic E-state index is 5.63. The first-order chi connectivity index (χ1) is 7.26. The quantitative estimate of drug-likeness (QED) is 0.581. The lowest BCUT2D eigenvalue weighted by molar-refractivity contribution is 1.17. The summed E-state index contributed by atoms with van der Waals surface area (Å²) < 4.78 is 0. The SMILES string of the molecule is C/C=C(\C=C/CN)Cc1ccc(N)cc1. The highest BCUT2D eigenvalue weighted by molar-refractivity contribution is 5.41. The first-order valence-electron chi connectivity index (χ1n) is 5.12. The van der Waals surface area contributed by atoms with Crippen molar-refractivity contribution in [3.8, 4) is 0 Å². The number of rotatable bonds is 4. The summed E-state index contributed by atoms with van der Waals surface area (Å²) in [5.74, 6) is 0. The molecule has 0 fully saturated rings. The van der Waals surface area contributed by atoms with E-state index in [2.05, 4.69) is 24.3 Å². The van der Waals surface area contributed by atoms with Crippen LogP contribution < -0.4 is 11.5 Å². The summed E-state index contributed by atoms with van der Waals surface area (Å²) in [6.07, 6.45) is 7.05. The summed E-state index contributed by atoms with van der Waals surface area (Å²) in [6.45, 7) is 2.62. The minimum absolute atomic E-state index is 0.582. The molecule has 0 spiro atoms. The average Bonchev–Trinajstić information content (AvgIpc) is 2.27. The first-order valence-corrected chi connectivity index (χ1v) is 5.12. The molecule has 0 aliphatic heterocycles. The Morgan fingerprint density at radius 2 is 1.93 bits per heavy atom. The van der Waals surface area contributed by atoms with Crippen molar-refractivity contribution in [2.24, 2.45) is 5.73 Å². The summed E-state index contributed by atoms with van der Waals surface area (Å²) in [7, 11) is 0. The van der Waals surface area contributed by atoms with E-state index in [1.807, 2.05) is 25.1 Å². The second-order valence-corrected chi connectivity index (χ2v) is 3.42. The highest BCUT2D eigenvalue weighted by atomic mass is 14.5. The van der Waals surface area contributed by atoms with Gasteiger partial charge in [-0.3, -0.25) is 0 Å². The molecule has 15 heavy (non-hydrogen) atoms. The Bertz CT molecular complexity index is 347. The summed E-state index contributed by atoms with van der Waals surface area (Å²) in [5.41, 5.74) is 14.4. The molecule has 0 saturated heterocycles. The van der Waals surface area contributed by atoms with Crippen molar-refractivity contribution in [2.75, 3.05) is 12.3 Å². The summed E-state index contributed by atoms with van der Waals surface area (Å²) in [6, 6.07) is 7.95. The van der Waals surface area contributed by atoms with Crippen LogP contribution in [0.2, 0.25) is 0 Å². The van der Waals surface area contributed by atoms with Crippen LogP contribution in [0.1, 0.15) is 12.5 Å². The van der Waals surface area contributed by atoms with Crippen LogP contribution in [-0.2, 0) is 6.42 Å². The monoisotopic (exact) mass is 202 g/mol. The van der Waals surface area contributed by atoms with E-state index >= 15 is 0 Å². The van der Waals surface area contributed by atoms with Crippen molar-refractivity contribution in [1.29, 1.82) is 0 Å². The van der Waals surface area contributed by atoms with Gasteiger partial charge in [-0.1, -0.05) is 30.4 Å². The van der Waals surface area contributed by atoms with Gasteiger partial charge in [0, 0.05) is 12.2 Å². The standard InChI is InChI=1S/C13H18N2/c1-2-11(4-3-9-14)10-12-5-7-13(15)8-6-12/h2-8H,9-10,14-15H2,1H3/b4-3-,11-2+. The Morgan fingerprint density at radius 1 is 1.27 bits per heavy atom. The van der Waals surface area contributed by atoms with E-state index < -0.39 is 0 Å². The largest absolute Gasteiger partial charge is 0.399 e. The Kier molecular flexibility index (Phi) is 4.64. The molecular formula is C13H18N2. The second kappa shape index (κ2) is 6.04. The smallest absolute Gasteiger partial charge is 0.0314 e. The van der Waals surface area contributed by atoms with E-state index in [-0.39, 0.29) is 0 Å². The molecule has 1 rings (SSSR count). The van der Waals surface area contributed by atoms with Crippen molar-refractivity contribution in [1.82, 2.24) is 0 Å². The molecule has 2 heteroatoms. The summed E-state index contributed by atoms with van der Waals surface area (Å²) in [5, 5.41) is 0. The maximum Gasteiger partial charge on any atom is 0.0314 e. The number of hydrogen-bond donors (Lipinski definition) is 2. The van der Waals surface area contributed by atoms with Crippen LogP contribution in [0.5, 0.6) is 0 Å². The van der Waals surface area contributed by atoms with E-state index in [1.165, 1.54) is 11.1 Å². The zero-order valence-corrected chi connectivity index (χ0v) is 9.11. The van der Waals surface area contributed by atoms with E-state index in [9.17, 15) is 0 Å². The maximum atomic E-state index is 5.63. The molecule has 0 amide bonds. The van der Waals surface area contributed by atoms with Crippen molar-refractivity contribution < 1.29 is 0 Å². The van der Waals surface area contributed by atoms with Crippen LogP contribution in [-0.4, -0.2) is 6.54 Å². The van der Waals surface area contributed by atoms with E-state index in [1.54, 1.807) is 0 Å². The van der Waals surface area contributed by atoms with Crippen molar-refractivity contribution >= 4 is 5.69 Å². The van der Waals surface area contributed by atoms with E-state index in [0.717, 1.165) is 12.1 Å². The van der Waals surface area contributed by atoms with E-state index in [0.29, 0.717) is 6.54 Å². The van der Waals surface area contributed by atoms with Crippen molar-refractivity contribution in [3.63, 3.8) is 0 Å². The van der Waals surface area contributed by atoms with Gasteiger partial charge in [-0.05, 0) is 36.6 Å². The molecule has 1 aromatic carbocycles. The molecular weight excluding hydrogens is 184 g/mol. The number of allylic oxidation sites excluding steroid dienone is 3. The van der Waals surface area contributed by atoms with Gasteiger partial charge in [0.1, 0.15) is 0 Å². The molecule has 0 aromatic heterocycles. The molecule has 0 aliphatic rings. The summed E-state index contributed by atoms with van der Waals surface area (Å²) >= 11 is 0. The predicted octanol–water partition coefficient (Wildman–Crippen LogP) is 2.27. The Labute approximate surface area is 91.3 Å². The molecule has 2 nitrogen and oxygen atoms in total. The lowest BCUT2D eigenvalue weighted by atomic mass is 10.0. The Balaban J connectivity index is 2.67. The van der Waals surface area contributed by atoms with Gasteiger partial charge >= 0.3 is 0 Å². The molecule has 4 N–H and O–H groups in total. The molecule has 1 aromatic rings. The number of nitrogens with two attached hydrogens (primary N) is 2. The van der Waals surface area contributed by atoms with Gasteiger partial charge in [0.25, 0.3) is 0 Å². The predicted molar refractivity (Wildman–Crippen MR) is 66.5 cm³/mol. The molecule has 0 bridgehead atoms. The molecule has 0 atom stereocenters. The van der Waals surface area contributed by atoms with Gasteiger partial charge in [0.05, 0.1) is 0 Å². The molecule has 80 valence electrons. The highest BCUT2D eigenvalue weighted by Crippen LogP contribution is 2.11. The summed E-state index contributed by atoms with van der Waals surface area (Å²) in [4.78, 5) is 0. The van der Waals surface area contributed by atoms with Gasteiger partial charge in [-0.2, -0.15) is 0 Å². The molecule has 0 radical (unpaired) electrons. The van der Waals surface area contributed by atoms with Crippen LogP contribution in [0, 0.1) is 0 Å². The van der Waals surface area contributed by atoms with Crippen LogP contribution in [0.15, 0.2) is 48.1 Å². The van der Waals surface area contributed by atoms with Gasteiger partial charge in [-0.25, -0.2) is 0 Å². The number of hydrogen-bond acceptors (Lipinski definition) is 2. The third-order valence-electron chi connectivity index (χ3n) is 2.23. The number of benzene rings is 1. The normalized spacial score (nSPS) is 12.3. The van der Waals surface area contributed by atoms with Crippen LogP contribution in [0.4, 0.5) is 5.69 Å². The van der Waals surface area contributed by atoms with Gasteiger partial charge in [0.2, 0.25) is 0 Å². The Morgan fingerprint density at radius 3 is 2.47 bits per heavy atom. The lowest BCUT2D eigenvalue weighted by Crippen LogP contribution is -1.94. The molecule has 0 aliphatic carbocycles. The Hall–Kier alpha value is -1.54. The van der Waals surface area contributed by atoms with Crippen LogP contribution in [0.25, 0.3) is 0 Å². The van der Waals surface area contributed by atoms with Crippen molar-refractivity contribution in [2.45, 2.75) is 13.3 Å². The van der Waals surface area contributed by atoms with Crippen molar-refractivity contribution in [3.05, 3.63) is 53.6 Å². The van der Waals surface area contributed by atoms with E-state index in [4.69, 9.17) is 11.5 Å². The van der Waals surface area contributed by atoms with Gasteiger partial charge in [0.15, 0.2) is 0 Å². The zero-order valence-electron chi connectivity index (χ0n) is 9.11.